The number of nitrogens with one attached hydrogen (secondary N) is 1. The summed E-state index contributed by atoms with van der Waals surface area (Å²) in [5.41, 5.74) is 10.6. The summed E-state index contributed by atoms with van der Waals surface area (Å²) in [6, 6.07) is 15.7. The van der Waals surface area contributed by atoms with Gasteiger partial charge in [-0.1, -0.05) is 18.2 Å². The molecular formula is C20H25N5. The first-order chi connectivity index (χ1) is 12.1. The van der Waals surface area contributed by atoms with Crippen molar-refractivity contribution < 1.29 is 0 Å². The number of nitrogen functional groups attached to an aromatic ring is 1. The SMILES string of the molecule is CC(C)N1CCN(c2ccc(-c3ccc4[nH]nc(N)c4c3)cc2)CC1. The van der Waals surface area contributed by atoms with E-state index in [9.17, 15) is 0 Å². The number of rotatable bonds is 3. The number of nitrogens with two attached hydrogens (primary N) is 1. The third kappa shape index (κ3) is 3.07. The van der Waals surface area contributed by atoms with Crippen LogP contribution in [0, 0.1) is 0 Å². The van der Waals surface area contributed by atoms with E-state index < -0.39 is 0 Å². The Labute approximate surface area is 148 Å². The molecule has 130 valence electrons. The van der Waals surface area contributed by atoms with Gasteiger partial charge in [0.15, 0.2) is 5.82 Å². The van der Waals surface area contributed by atoms with Gasteiger partial charge < -0.3 is 10.6 Å². The highest BCUT2D eigenvalue weighted by Crippen LogP contribution is 2.28. The zero-order chi connectivity index (χ0) is 17.4. The second-order valence-electron chi connectivity index (χ2n) is 7.03. The topological polar surface area (TPSA) is 61.2 Å². The van der Waals surface area contributed by atoms with Gasteiger partial charge in [-0.15, -0.1) is 0 Å². The van der Waals surface area contributed by atoms with Crippen LogP contribution in [0.4, 0.5) is 11.5 Å². The molecule has 0 saturated carbocycles. The van der Waals surface area contributed by atoms with Crippen molar-refractivity contribution >= 4 is 22.4 Å². The first-order valence-corrected chi connectivity index (χ1v) is 8.95. The van der Waals surface area contributed by atoms with E-state index in [1.54, 1.807) is 0 Å². The maximum absolute atomic E-state index is 5.92. The van der Waals surface area contributed by atoms with E-state index >= 15 is 0 Å². The van der Waals surface area contributed by atoms with Crippen LogP contribution in [-0.4, -0.2) is 47.3 Å². The predicted octanol–water partition coefficient (Wildman–Crippen LogP) is 3.34. The van der Waals surface area contributed by atoms with Crippen LogP contribution < -0.4 is 10.6 Å². The number of aromatic amines is 1. The number of nitrogens with zero attached hydrogens (tertiary/aromatic N) is 3. The fourth-order valence-electron chi connectivity index (χ4n) is 3.58. The van der Waals surface area contributed by atoms with Crippen LogP contribution in [0.2, 0.25) is 0 Å². The summed E-state index contributed by atoms with van der Waals surface area (Å²) in [6.45, 7) is 9.00. The minimum atomic E-state index is 0.552. The summed E-state index contributed by atoms with van der Waals surface area (Å²) in [7, 11) is 0. The molecule has 1 aromatic heterocycles. The van der Waals surface area contributed by atoms with Crippen LogP contribution in [-0.2, 0) is 0 Å². The lowest BCUT2D eigenvalue weighted by molar-refractivity contribution is 0.209. The Hall–Kier alpha value is -2.53. The fourth-order valence-corrected chi connectivity index (χ4v) is 3.58. The molecular weight excluding hydrogens is 310 g/mol. The summed E-state index contributed by atoms with van der Waals surface area (Å²) >= 11 is 0. The summed E-state index contributed by atoms with van der Waals surface area (Å²) < 4.78 is 0. The molecule has 1 saturated heterocycles. The summed E-state index contributed by atoms with van der Waals surface area (Å²) in [5.74, 6) is 0.552. The van der Waals surface area contributed by atoms with E-state index in [1.807, 2.05) is 6.07 Å². The molecule has 1 aliphatic rings. The molecule has 0 bridgehead atoms. The van der Waals surface area contributed by atoms with Gasteiger partial charge in [-0.05, 0) is 49.2 Å². The van der Waals surface area contributed by atoms with Gasteiger partial charge in [-0.2, -0.15) is 5.10 Å². The maximum Gasteiger partial charge on any atom is 0.153 e. The van der Waals surface area contributed by atoms with Crippen LogP contribution in [0.1, 0.15) is 13.8 Å². The lowest BCUT2D eigenvalue weighted by Crippen LogP contribution is -2.48. The molecule has 2 aromatic carbocycles. The Balaban J connectivity index is 1.52. The molecule has 5 heteroatoms. The van der Waals surface area contributed by atoms with Gasteiger partial charge in [0.2, 0.25) is 0 Å². The Kier molecular flexibility index (Phi) is 4.09. The van der Waals surface area contributed by atoms with Gasteiger partial charge in [-0.3, -0.25) is 10.00 Å². The normalized spacial score (nSPS) is 16.0. The number of hydrogen-bond donors (Lipinski definition) is 2. The van der Waals surface area contributed by atoms with Crippen molar-refractivity contribution in [1.29, 1.82) is 0 Å². The van der Waals surface area contributed by atoms with Crippen molar-refractivity contribution in [2.24, 2.45) is 0 Å². The smallest absolute Gasteiger partial charge is 0.153 e. The molecule has 25 heavy (non-hydrogen) atoms. The molecule has 0 aliphatic carbocycles. The lowest BCUT2D eigenvalue weighted by Gasteiger charge is -2.38. The van der Waals surface area contributed by atoms with Crippen LogP contribution in [0.15, 0.2) is 42.5 Å². The summed E-state index contributed by atoms with van der Waals surface area (Å²) in [5, 5.41) is 7.99. The Bertz CT molecular complexity index is 857. The molecule has 3 aromatic rings. The number of aromatic nitrogens is 2. The monoisotopic (exact) mass is 335 g/mol. The molecule has 2 heterocycles. The zero-order valence-corrected chi connectivity index (χ0v) is 14.9. The number of hydrogen-bond acceptors (Lipinski definition) is 4. The fraction of sp³-hybridized carbons (Fsp3) is 0.350. The second-order valence-corrected chi connectivity index (χ2v) is 7.03. The zero-order valence-electron chi connectivity index (χ0n) is 14.9. The molecule has 0 amide bonds. The van der Waals surface area contributed by atoms with Gasteiger partial charge in [0.25, 0.3) is 0 Å². The standard InChI is InChI=1S/C20H25N5/c1-14(2)24-9-11-25(12-10-24)17-6-3-15(4-7-17)16-5-8-19-18(13-16)20(21)23-22-19/h3-8,13-14H,9-12H2,1-2H3,(H3,21,22,23). The predicted molar refractivity (Wildman–Crippen MR) is 105 cm³/mol. The number of anilines is 2. The van der Waals surface area contributed by atoms with Crippen LogP contribution in [0.25, 0.3) is 22.0 Å². The third-order valence-electron chi connectivity index (χ3n) is 5.20. The van der Waals surface area contributed by atoms with Gasteiger partial charge in [0, 0.05) is 43.3 Å². The van der Waals surface area contributed by atoms with E-state index in [-0.39, 0.29) is 0 Å². The average molecular weight is 335 g/mol. The Morgan fingerprint density at radius 1 is 0.960 bits per heavy atom. The molecule has 0 atom stereocenters. The largest absolute Gasteiger partial charge is 0.382 e. The number of benzene rings is 2. The number of H-pyrrole nitrogens is 1. The minimum Gasteiger partial charge on any atom is -0.382 e. The number of piperazine rings is 1. The lowest BCUT2D eigenvalue weighted by atomic mass is 10.0. The molecule has 1 fully saturated rings. The highest BCUT2D eigenvalue weighted by Gasteiger charge is 2.18. The van der Waals surface area contributed by atoms with Crippen LogP contribution >= 0.6 is 0 Å². The molecule has 0 radical (unpaired) electrons. The van der Waals surface area contributed by atoms with Crippen LogP contribution in [0.5, 0.6) is 0 Å². The second kappa shape index (κ2) is 6.41. The van der Waals surface area contributed by atoms with E-state index in [0.29, 0.717) is 11.9 Å². The average Bonchev–Trinajstić information content (AvgIpc) is 3.02. The van der Waals surface area contributed by atoms with E-state index in [1.165, 1.54) is 11.3 Å². The van der Waals surface area contributed by atoms with Crippen molar-refractivity contribution in [1.82, 2.24) is 15.1 Å². The van der Waals surface area contributed by atoms with Gasteiger partial charge >= 0.3 is 0 Å². The Morgan fingerprint density at radius 3 is 2.32 bits per heavy atom. The van der Waals surface area contributed by atoms with E-state index in [0.717, 1.165) is 42.6 Å². The molecule has 4 rings (SSSR count). The van der Waals surface area contributed by atoms with Crippen molar-refractivity contribution in [3.05, 3.63) is 42.5 Å². The van der Waals surface area contributed by atoms with E-state index in [2.05, 4.69) is 70.2 Å². The van der Waals surface area contributed by atoms with Crippen LogP contribution in [0.3, 0.4) is 0 Å². The molecule has 0 unspecified atom stereocenters. The highest BCUT2D eigenvalue weighted by molar-refractivity contribution is 5.92. The van der Waals surface area contributed by atoms with E-state index in [4.69, 9.17) is 5.73 Å². The minimum absolute atomic E-state index is 0.552. The highest BCUT2D eigenvalue weighted by atomic mass is 15.3. The quantitative estimate of drug-likeness (QED) is 0.771. The molecule has 0 spiro atoms. The van der Waals surface area contributed by atoms with Gasteiger partial charge in [0.05, 0.1) is 5.52 Å². The third-order valence-corrected chi connectivity index (χ3v) is 5.20. The summed E-state index contributed by atoms with van der Waals surface area (Å²) in [4.78, 5) is 5.01. The first kappa shape index (κ1) is 16.0. The van der Waals surface area contributed by atoms with Crippen molar-refractivity contribution in [2.75, 3.05) is 36.8 Å². The molecule has 1 aliphatic heterocycles. The van der Waals surface area contributed by atoms with Crippen molar-refractivity contribution in [2.45, 2.75) is 19.9 Å². The van der Waals surface area contributed by atoms with Crippen molar-refractivity contribution in [3.8, 4) is 11.1 Å². The molecule has 5 nitrogen and oxygen atoms in total. The Morgan fingerprint density at radius 2 is 1.64 bits per heavy atom. The van der Waals surface area contributed by atoms with Crippen molar-refractivity contribution in [3.63, 3.8) is 0 Å². The molecule has 3 N–H and O–H groups in total. The first-order valence-electron chi connectivity index (χ1n) is 8.95. The van der Waals surface area contributed by atoms with Gasteiger partial charge in [0.1, 0.15) is 0 Å². The number of fused-ring (bicyclic) bond motifs is 1. The maximum atomic E-state index is 5.92. The summed E-state index contributed by atoms with van der Waals surface area (Å²) in [6.07, 6.45) is 0. The van der Waals surface area contributed by atoms with Gasteiger partial charge in [-0.25, -0.2) is 0 Å².